The van der Waals surface area contributed by atoms with Crippen molar-refractivity contribution in [2.24, 2.45) is 0 Å². The normalized spacial score (nSPS) is 12.7. The van der Waals surface area contributed by atoms with Crippen LogP contribution in [0.15, 0.2) is 36.4 Å². The fraction of sp³-hybridized carbons (Fsp3) is 0.429. The molecule has 0 aliphatic heterocycles. The van der Waals surface area contributed by atoms with Gasteiger partial charge in [0.1, 0.15) is 11.3 Å². The summed E-state index contributed by atoms with van der Waals surface area (Å²) in [5, 5.41) is 19.4. The van der Waals surface area contributed by atoms with Gasteiger partial charge in [0.15, 0.2) is 0 Å². The SMILES string of the molecule is CC(C)(C)c1cc(Cn2nnc3ccccc32)c(O)c(C(C)(C)C)c1. The molecule has 0 spiro atoms. The molecule has 0 bridgehead atoms. The van der Waals surface area contributed by atoms with Crippen molar-refractivity contribution in [2.45, 2.75) is 58.9 Å². The molecule has 0 atom stereocenters. The first-order valence-electron chi connectivity index (χ1n) is 8.72. The van der Waals surface area contributed by atoms with E-state index in [4.69, 9.17) is 0 Å². The highest BCUT2D eigenvalue weighted by atomic mass is 16.3. The Bertz CT molecular complexity index is 911. The molecule has 4 nitrogen and oxygen atoms in total. The molecule has 1 heterocycles. The van der Waals surface area contributed by atoms with Crippen molar-refractivity contribution in [2.75, 3.05) is 0 Å². The quantitative estimate of drug-likeness (QED) is 0.732. The second-order valence-corrected chi connectivity index (χ2v) is 8.77. The number of aromatic hydroxyl groups is 1. The molecule has 0 amide bonds. The van der Waals surface area contributed by atoms with E-state index in [9.17, 15) is 5.11 Å². The number of nitrogens with zero attached hydrogens (tertiary/aromatic N) is 3. The van der Waals surface area contributed by atoms with Gasteiger partial charge < -0.3 is 5.11 Å². The molecule has 132 valence electrons. The van der Waals surface area contributed by atoms with Crippen molar-refractivity contribution >= 4 is 11.0 Å². The van der Waals surface area contributed by atoms with Gasteiger partial charge in [-0.05, 0) is 40.2 Å². The Hall–Kier alpha value is -2.36. The summed E-state index contributed by atoms with van der Waals surface area (Å²) >= 11 is 0. The summed E-state index contributed by atoms with van der Waals surface area (Å²) in [6.45, 7) is 13.5. The van der Waals surface area contributed by atoms with E-state index in [0.29, 0.717) is 12.3 Å². The molecule has 2 aromatic carbocycles. The van der Waals surface area contributed by atoms with Gasteiger partial charge in [0.2, 0.25) is 0 Å². The molecule has 4 heteroatoms. The number of aromatic nitrogens is 3. The van der Waals surface area contributed by atoms with Crippen LogP contribution in [0.25, 0.3) is 11.0 Å². The van der Waals surface area contributed by atoms with Crippen molar-refractivity contribution in [1.82, 2.24) is 15.0 Å². The maximum absolute atomic E-state index is 10.9. The molecule has 0 aliphatic rings. The maximum atomic E-state index is 10.9. The molecule has 0 saturated heterocycles. The first-order chi connectivity index (χ1) is 11.6. The van der Waals surface area contributed by atoms with Crippen molar-refractivity contribution in [3.05, 3.63) is 53.1 Å². The van der Waals surface area contributed by atoms with E-state index in [1.165, 1.54) is 5.56 Å². The average Bonchev–Trinajstić information content (AvgIpc) is 2.90. The average molecular weight is 337 g/mol. The Balaban J connectivity index is 2.14. The largest absolute Gasteiger partial charge is 0.507 e. The molecule has 0 unspecified atom stereocenters. The van der Waals surface area contributed by atoms with E-state index in [0.717, 1.165) is 22.2 Å². The number of fused-ring (bicyclic) bond motifs is 1. The molecular weight excluding hydrogens is 310 g/mol. The molecule has 0 saturated carbocycles. The Morgan fingerprint density at radius 2 is 1.64 bits per heavy atom. The van der Waals surface area contributed by atoms with Gasteiger partial charge in [-0.1, -0.05) is 65.0 Å². The van der Waals surface area contributed by atoms with E-state index < -0.39 is 0 Å². The number of hydrogen-bond acceptors (Lipinski definition) is 3. The first-order valence-corrected chi connectivity index (χ1v) is 8.72. The zero-order valence-corrected chi connectivity index (χ0v) is 16.0. The van der Waals surface area contributed by atoms with Crippen LogP contribution < -0.4 is 0 Å². The summed E-state index contributed by atoms with van der Waals surface area (Å²) < 4.78 is 1.85. The predicted octanol–water partition coefficient (Wildman–Crippen LogP) is 4.78. The lowest BCUT2D eigenvalue weighted by molar-refractivity contribution is 0.434. The summed E-state index contributed by atoms with van der Waals surface area (Å²) in [4.78, 5) is 0. The van der Waals surface area contributed by atoms with Crippen LogP contribution in [0.4, 0.5) is 0 Å². The van der Waals surface area contributed by atoms with Gasteiger partial charge in [0.05, 0.1) is 12.1 Å². The Morgan fingerprint density at radius 1 is 0.960 bits per heavy atom. The van der Waals surface area contributed by atoms with Crippen LogP contribution in [0.2, 0.25) is 0 Å². The summed E-state index contributed by atoms with van der Waals surface area (Å²) in [7, 11) is 0. The number of para-hydroxylation sites is 1. The zero-order valence-electron chi connectivity index (χ0n) is 16.0. The fourth-order valence-electron chi connectivity index (χ4n) is 3.02. The Kier molecular flexibility index (Phi) is 4.10. The molecule has 1 aromatic heterocycles. The highest BCUT2D eigenvalue weighted by molar-refractivity contribution is 5.74. The smallest absolute Gasteiger partial charge is 0.124 e. The van der Waals surface area contributed by atoms with Crippen LogP contribution in [-0.4, -0.2) is 20.1 Å². The molecule has 0 radical (unpaired) electrons. The zero-order chi connectivity index (χ0) is 18.4. The predicted molar refractivity (Wildman–Crippen MR) is 102 cm³/mol. The minimum Gasteiger partial charge on any atom is -0.507 e. The van der Waals surface area contributed by atoms with E-state index in [1.807, 2.05) is 28.9 Å². The van der Waals surface area contributed by atoms with Crippen molar-refractivity contribution in [3.8, 4) is 5.75 Å². The van der Waals surface area contributed by atoms with Crippen molar-refractivity contribution < 1.29 is 5.11 Å². The van der Waals surface area contributed by atoms with Crippen LogP contribution >= 0.6 is 0 Å². The van der Waals surface area contributed by atoms with Gasteiger partial charge in [-0.25, -0.2) is 4.68 Å². The second-order valence-electron chi connectivity index (χ2n) is 8.77. The molecule has 0 fully saturated rings. The number of phenols is 1. The summed E-state index contributed by atoms with van der Waals surface area (Å²) in [5.41, 5.74) is 4.78. The Labute approximate surface area is 149 Å². The van der Waals surface area contributed by atoms with Crippen molar-refractivity contribution in [3.63, 3.8) is 0 Å². The summed E-state index contributed by atoms with van der Waals surface area (Å²) in [6.07, 6.45) is 0. The van der Waals surface area contributed by atoms with Gasteiger partial charge in [-0.15, -0.1) is 5.10 Å². The van der Waals surface area contributed by atoms with Crippen molar-refractivity contribution in [1.29, 1.82) is 0 Å². The third kappa shape index (κ3) is 3.39. The third-order valence-corrected chi connectivity index (χ3v) is 4.60. The second kappa shape index (κ2) is 5.87. The minimum absolute atomic E-state index is 0.00683. The fourth-order valence-corrected chi connectivity index (χ4v) is 3.02. The highest BCUT2D eigenvalue weighted by Gasteiger charge is 2.25. The molecular formula is C21H27N3O. The van der Waals surface area contributed by atoms with Gasteiger partial charge in [-0.2, -0.15) is 0 Å². The first kappa shape index (κ1) is 17.5. The minimum atomic E-state index is -0.134. The number of phenolic OH excluding ortho intramolecular Hbond substituents is 1. The highest BCUT2D eigenvalue weighted by Crippen LogP contribution is 2.38. The van der Waals surface area contributed by atoms with Crippen LogP contribution in [0, 0.1) is 0 Å². The van der Waals surface area contributed by atoms with Gasteiger partial charge >= 0.3 is 0 Å². The van der Waals surface area contributed by atoms with E-state index >= 15 is 0 Å². The van der Waals surface area contributed by atoms with Gasteiger partial charge in [-0.3, -0.25) is 0 Å². The lowest BCUT2D eigenvalue weighted by Gasteiger charge is -2.27. The lowest BCUT2D eigenvalue weighted by Crippen LogP contribution is -2.18. The van der Waals surface area contributed by atoms with Crippen LogP contribution in [-0.2, 0) is 17.4 Å². The third-order valence-electron chi connectivity index (χ3n) is 4.60. The van der Waals surface area contributed by atoms with Gasteiger partial charge in [0, 0.05) is 5.56 Å². The molecule has 3 rings (SSSR count). The number of benzene rings is 2. The molecule has 25 heavy (non-hydrogen) atoms. The molecule has 3 aromatic rings. The molecule has 1 N–H and O–H groups in total. The summed E-state index contributed by atoms with van der Waals surface area (Å²) in [5.74, 6) is 0.361. The van der Waals surface area contributed by atoms with Crippen LogP contribution in [0.5, 0.6) is 5.75 Å². The van der Waals surface area contributed by atoms with Gasteiger partial charge in [0.25, 0.3) is 0 Å². The lowest BCUT2D eigenvalue weighted by atomic mass is 9.79. The van der Waals surface area contributed by atoms with Crippen LogP contribution in [0.1, 0.15) is 58.2 Å². The molecule has 0 aliphatic carbocycles. The van der Waals surface area contributed by atoms with E-state index in [1.54, 1.807) is 0 Å². The topological polar surface area (TPSA) is 50.9 Å². The van der Waals surface area contributed by atoms with E-state index in [-0.39, 0.29) is 10.8 Å². The summed E-state index contributed by atoms with van der Waals surface area (Å²) in [6, 6.07) is 12.1. The maximum Gasteiger partial charge on any atom is 0.124 e. The Morgan fingerprint density at radius 3 is 2.28 bits per heavy atom. The monoisotopic (exact) mass is 337 g/mol. The number of hydrogen-bond donors (Lipinski definition) is 1. The van der Waals surface area contributed by atoms with Crippen LogP contribution in [0.3, 0.4) is 0 Å². The number of rotatable bonds is 2. The standard InChI is InChI=1S/C21H27N3O/c1-20(2,3)15-11-14(19(25)16(12-15)21(4,5)6)13-24-18-10-8-7-9-17(18)22-23-24/h7-12,25H,13H2,1-6H3. The van der Waals surface area contributed by atoms with E-state index in [2.05, 4.69) is 64.0 Å².